The number of hydrogen-bond donors (Lipinski definition) is 0. The standard InChI is InChI=1S/C44H34/c1-31-23-27-37(28-24-31)43-39(33-15-7-3-8-16-33)41(35-19-11-5-12-20-35)44(38-29-25-32(2)26-30-38)42(36-21-13-6-14-22-36)40(43)34-17-9-4-10-18-34/h3-30H,1-2H3. The second-order valence-electron chi connectivity index (χ2n) is 11.4. The lowest BCUT2D eigenvalue weighted by molar-refractivity contribution is 1.45. The molecule has 0 saturated heterocycles. The Morgan fingerprint density at radius 3 is 0.591 bits per heavy atom. The van der Waals surface area contributed by atoms with Crippen LogP contribution in [-0.4, -0.2) is 0 Å². The van der Waals surface area contributed by atoms with E-state index in [4.69, 9.17) is 0 Å². The van der Waals surface area contributed by atoms with Gasteiger partial charge in [-0.15, -0.1) is 0 Å². The maximum absolute atomic E-state index is 2.29. The Balaban J connectivity index is 1.81. The Morgan fingerprint density at radius 1 is 0.205 bits per heavy atom. The molecule has 0 aliphatic rings. The first-order valence-electron chi connectivity index (χ1n) is 15.3. The minimum absolute atomic E-state index is 1.20. The molecule has 0 fully saturated rings. The van der Waals surface area contributed by atoms with Crippen molar-refractivity contribution < 1.29 is 0 Å². The maximum Gasteiger partial charge on any atom is -0.00139 e. The van der Waals surface area contributed by atoms with Crippen molar-refractivity contribution in [2.24, 2.45) is 0 Å². The first-order valence-corrected chi connectivity index (χ1v) is 15.3. The van der Waals surface area contributed by atoms with E-state index in [0.717, 1.165) is 0 Å². The molecule has 0 aromatic heterocycles. The van der Waals surface area contributed by atoms with E-state index in [0.29, 0.717) is 0 Å². The summed E-state index contributed by atoms with van der Waals surface area (Å²) in [6.07, 6.45) is 0. The normalized spacial score (nSPS) is 11.0. The van der Waals surface area contributed by atoms with E-state index < -0.39 is 0 Å². The van der Waals surface area contributed by atoms with Gasteiger partial charge in [-0.2, -0.15) is 0 Å². The summed E-state index contributed by atoms with van der Waals surface area (Å²) in [4.78, 5) is 0. The van der Waals surface area contributed by atoms with E-state index in [9.17, 15) is 0 Å². The molecule has 0 heterocycles. The van der Waals surface area contributed by atoms with Gasteiger partial charge >= 0.3 is 0 Å². The van der Waals surface area contributed by atoms with E-state index in [2.05, 4.69) is 184 Å². The molecule has 0 nitrogen and oxygen atoms in total. The van der Waals surface area contributed by atoms with Gasteiger partial charge in [0.1, 0.15) is 0 Å². The lowest BCUT2D eigenvalue weighted by Crippen LogP contribution is -2.02. The monoisotopic (exact) mass is 562 g/mol. The highest BCUT2D eigenvalue weighted by atomic mass is 14.3. The topological polar surface area (TPSA) is 0 Å². The average Bonchev–Trinajstić information content (AvgIpc) is 3.09. The summed E-state index contributed by atoms with van der Waals surface area (Å²) >= 11 is 0. The number of rotatable bonds is 6. The van der Waals surface area contributed by atoms with Crippen molar-refractivity contribution in [2.45, 2.75) is 13.8 Å². The van der Waals surface area contributed by atoms with E-state index in [-0.39, 0.29) is 0 Å². The van der Waals surface area contributed by atoms with Gasteiger partial charge in [-0.3, -0.25) is 0 Å². The van der Waals surface area contributed by atoms with E-state index in [1.807, 2.05) is 0 Å². The minimum Gasteiger partial charge on any atom is -0.0622 e. The molecule has 0 aliphatic carbocycles. The molecule has 0 radical (unpaired) electrons. The summed E-state index contributed by atoms with van der Waals surface area (Å²) in [6.45, 7) is 4.32. The quantitative estimate of drug-likeness (QED) is 0.189. The van der Waals surface area contributed by atoms with Gasteiger partial charge in [-0.1, -0.05) is 181 Å². The van der Waals surface area contributed by atoms with Crippen molar-refractivity contribution in [1.82, 2.24) is 0 Å². The molecule has 7 aromatic carbocycles. The van der Waals surface area contributed by atoms with Crippen LogP contribution in [0.2, 0.25) is 0 Å². The third-order valence-corrected chi connectivity index (χ3v) is 8.43. The molecule has 0 unspecified atom stereocenters. The SMILES string of the molecule is Cc1ccc(-c2c(-c3ccccc3)c(-c3ccccc3)c(-c3ccc(C)cc3)c(-c3ccccc3)c2-c2ccccc2)cc1. The number of benzene rings is 7. The third kappa shape index (κ3) is 5.16. The van der Waals surface area contributed by atoms with Crippen molar-refractivity contribution in [3.63, 3.8) is 0 Å². The molecule has 44 heavy (non-hydrogen) atoms. The Kier molecular flexibility index (Phi) is 7.49. The fourth-order valence-corrected chi connectivity index (χ4v) is 6.34. The van der Waals surface area contributed by atoms with Crippen LogP contribution in [0.25, 0.3) is 66.8 Å². The Morgan fingerprint density at radius 2 is 0.386 bits per heavy atom. The average molecular weight is 563 g/mol. The summed E-state index contributed by atoms with van der Waals surface area (Å²) < 4.78 is 0. The summed E-state index contributed by atoms with van der Waals surface area (Å²) in [6, 6.07) is 61.8. The molecule has 0 N–H and O–H groups in total. The lowest BCUT2D eigenvalue weighted by Gasteiger charge is -2.29. The first-order chi connectivity index (χ1) is 21.7. The smallest absolute Gasteiger partial charge is 0.00139 e. The molecular weight excluding hydrogens is 528 g/mol. The molecule has 0 aliphatic heterocycles. The van der Waals surface area contributed by atoms with Gasteiger partial charge in [0.15, 0.2) is 0 Å². The zero-order valence-corrected chi connectivity index (χ0v) is 25.2. The highest BCUT2D eigenvalue weighted by molar-refractivity contribution is 6.15. The molecule has 7 rings (SSSR count). The van der Waals surface area contributed by atoms with Crippen LogP contribution in [0.3, 0.4) is 0 Å². The summed E-state index contributed by atoms with van der Waals surface area (Å²) in [5.41, 5.74) is 17.2. The van der Waals surface area contributed by atoms with Crippen molar-refractivity contribution in [1.29, 1.82) is 0 Å². The highest BCUT2D eigenvalue weighted by Crippen LogP contribution is 2.55. The fraction of sp³-hybridized carbons (Fsp3) is 0.0455. The van der Waals surface area contributed by atoms with Gasteiger partial charge in [0.05, 0.1) is 0 Å². The maximum atomic E-state index is 2.29. The van der Waals surface area contributed by atoms with Crippen molar-refractivity contribution >= 4 is 0 Å². The van der Waals surface area contributed by atoms with Gasteiger partial charge in [0, 0.05) is 0 Å². The van der Waals surface area contributed by atoms with Crippen molar-refractivity contribution in [2.75, 3.05) is 0 Å². The van der Waals surface area contributed by atoms with E-state index in [1.54, 1.807) is 0 Å². The molecule has 0 amide bonds. The molecule has 0 heteroatoms. The lowest BCUT2D eigenvalue weighted by atomic mass is 9.74. The zero-order valence-electron chi connectivity index (χ0n) is 25.2. The molecule has 7 aromatic rings. The van der Waals surface area contributed by atoms with Crippen molar-refractivity contribution in [3.8, 4) is 66.8 Å². The van der Waals surface area contributed by atoms with Crippen LogP contribution in [0.4, 0.5) is 0 Å². The second-order valence-corrected chi connectivity index (χ2v) is 11.4. The van der Waals surface area contributed by atoms with Crippen LogP contribution in [0.15, 0.2) is 170 Å². The van der Waals surface area contributed by atoms with Crippen LogP contribution < -0.4 is 0 Å². The highest BCUT2D eigenvalue weighted by Gasteiger charge is 2.28. The largest absolute Gasteiger partial charge is 0.0622 e. The Hall–Kier alpha value is -5.46. The Labute approximate surface area is 261 Å². The zero-order chi connectivity index (χ0) is 29.9. The predicted molar refractivity (Wildman–Crippen MR) is 189 cm³/mol. The van der Waals surface area contributed by atoms with Gasteiger partial charge < -0.3 is 0 Å². The predicted octanol–water partition coefficient (Wildman–Crippen LogP) is 12.3. The van der Waals surface area contributed by atoms with Crippen molar-refractivity contribution in [3.05, 3.63) is 181 Å². The van der Waals surface area contributed by atoms with Crippen LogP contribution in [0.1, 0.15) is 11.1 Å². The summed E-state index contributed by atoms with van der Waals surface area (Å²) in [5.74, 6) is 0. The number of aryl methyl sites for hydroxylation is 2. The van der Waals surface area contributed by atoms with Crippen LogP contribution >= 0.6 is 0 Å². The van der Waals surface area contributed by atoms with Crippen LogP contribution in [0, 0.1) is 13.8 Å². The summed E-state index contributed by atoms with van der Waals surface area (Å²) in [7, 11) is 0. The molecular formula is C44H34. The van der Waals surface area contributed by atoms with Gasteiger partial charge in [0.2, 0.25) is 0 Å². The van der Waals surface area contributed by atoms with Crippen LogP contribution in [-0.2, 0) is 0 Å². The van der Waals surface area contributed by atoms with Gasteiger partial charge in [-0.05, 0) is 80.6 Å². The fourth-order valence-electron chi connectivity index (χ4n) is 6.34. The molecule has 0 spiro atoms. The minimum atomic E-state index is 1.20. The Bertz CT molecular complexity index is 1750. The second kappa shape index (κ2) is 12.0. The van der Waals surface area contributed by atoms with E-state index in [1.165, 1.54) is 77.9 Å². The van der Waals surface area contributed by atoms with E-state index >= 15 is 0 Å². The molecule has 0 atom stereocenters. The van der Waals surface area contributed by atoms with Gasteiger partial charge in [0.25, 0.3) is 0 Å². The molecule has 0 saturated carbocycles. The molecule has 0 bridgehead atoms. The van der Waals surface area contributed by atoms with Crippen LogP contribution in [0.5, 0.6) is 0 Å². The first kappa shape index (κ1) is 27.4. The molecule has 210 valence electrons. The number of hydrogen-bond acceptors (Lipinski definition) is 0. The third-order valence-electron chi connectivity index (χ3n) is 8.43. The van der Waals surface area contributed by atoms with Gasteiger partial charge in [-0.25, -0.2) is 0 Å². The summed E-state index contributed by atoms with van der Waals surface area (Å²) in [5, 5.41) is 0.